The molecule has 0 amide bonds. The Labute approximate surface area is 102 Å². The van der Waals surface area contributed by atoms with Crippen molar-refractivity contribution in [1.29, 1.82) is 0 Å². The van der Waals surface area contributed by atoms with E-state index in [1.807, 2.05) is 0 Å². The second-order valence-corrected chi connectivity index (χ2v) is 5.07. The fraction of sp³-hybridized carbons (Fsp3) is 0.462. The fourth-order valence-corrected chi connectivity index (χ4v) is 1.84. The van der Waals surface area contributed by atoms with Crippen LogP contribution in [0.25, 0.3) is 0 Å². The van der Waals surface area contributed by atoms with Crippen molar-refractivity contribution in [3.63, 3.8) is 0 Å². The molecule has 1 aromatic carbocycles. The molecule has 1 aromatic rings. The van der Waals surface area contributed by atoms with Crippen LogP contribution in [0.15, 0.2) is 18.2 Å². The number of carbonyl (C=O) groups is 1. The molecule has 0 aromatic heterocycles. The molecule has 0 aliphatic carbocycles. The lowest BCUT2D eigenvalue weighted by Crippen LogP contribution is -2.14. The standard InChI is InChI=1S/C13H17ClO2/c1-5-16-12(15)9-6-7-11(14)10(8-9)13(2,3)4/h6-8H,5H2,1-4H3. The first-order valence-corrected chi connectivity index (χ1v) is 5.71. The molecule has 0 spiro atoms. The molecule has 0 unspecified atom stereocenters. The summed E-state index contributed by atoms with van der Waals surface area (Å²) in [5.74, 6) is -0.301. The largest absolute Gasteiger partial charge is 0.462 e. The van der Waals surface area contributed by atoms with Gasteiger partial charge in [0.1, 0.15) is 0 Å². The summed E-state index contributed by atoms with van der Waals surface area (Å²) in [6.07, 6.45) is 0. The molecule has 0 aliphatic heterocycles. The highest BCUT2D eigenvalue weighted by atomic mass is 35.5. The van der Waals surface area contributed by atoms with Crippen molar-refractivity contribution in [2.45, 2.75) is 33.1 Å². The minimum atomic E-state index is -0.301. The van der Waals surface area contributed by atoms with Crippen LogP contribution in [0, 0.1) is 0 Å². The SMILES string of the molecule is CCOC(=O)c1ccc(Cl)c(C(C)(C)C)c1. The average molecular weight is 241 g/mol. The van der Waals surface area contributed by atoms with Gasteiger partial charge in [-0.3, -0.25) is 0 Å². The third-order valence-corrected chi connectivity index (χ3v) is 2.62. The van der Waals surface area contributed by atoms with Gasteiger partial charge in [0.15, 0.2) is 0 Å². The lowest BCUT2D eigenvalue weighted by atomic mass is 9.86. The first-order chi connectivity index (χ1) is 7.36. The van der Waals surface area contributed by atoms with Crippen molar-refractivity contribution >= 4 is 17.6 Å². The second kappa shape index (κ2) is 4.88. The van der Waals surface area contributed by atoms with E-state index in [-0.39, 0.29) is 11.4 Å². The van der Waals surface area contributed by atoms with E-state index in [1.165, 1.54) is 0 Å². The first-order valence-electron chi connectivity index (χ1n) is 5.33. The summed E-state index contributed by atoms with van der Waals surface area (Å²) in [6.45, 7) is 8.35. The predicted octanol–water partition coefficient (Wildman–Crippen LogP) is 3.81. The molecule has 0 bridgehead atoms. The van der Waals surface area contributed by atoms with E-state index in [2.05, 4.69) is 20.8 Å². The molecule has 0 N–H and O–H groups in total. The van der Waals surface area contributed by atoms with Gasteiger partial charge in [-0.25, -0.2) is 4.79 Å². The van der Waals surface area contributed by atoms with E-state index in [1.54, 1.807) is 25.1 Å². The Kier molecular flexibility index (Phi) is 3.98. The maximum Gasteiger partial charge on any atom is 0.338 e. The molecule has 2 nitrogen and oxygen atoms in total. The van der Waals surface area contributed by atoms with Gasteiger partial charge in [-0.05, 0) is 36.1 Å². The number of rotatable bonds is 2. The van der Waals surface area contributed by atoms with Gasteiger partial charge in [0.2, 0.25) is 0 Å². The Hall–Kier alpha value is -1.02. The normalized spacial score (nSPS) is 11.3. The van der Waals surface area contributed by atoms with Gasteiger partial charge in [-0.1, -0.05) is 32.4 Å². The maximum atomic E-state index is 11.6. The van der Waals surface area contributed by atoms with E-state index in [4.69, 9.17) is 16.3 Å². The molecule has 1 rings (SSSR count). The van der Waals surface area contributed by atoms with Gasteiger partial charge in [0.05, 0.1) is 12.2 Å². The second-order valence-electron chi connectivity index (χ2n) is 4.67. The number of esters is 1. The van der Waals surface area contributed by atoms with Crippen LogP contribution in [0.2, 0.25) is 5.02 Å². The quantitative estimate of drug-likeness (QED) is 0.735. The summed E-state index contributed by atoms with van der Waals surface area (Å²) in [7, 11) is 0. The maximum absolute atomic E-state index is 11.6. The van der Waals surface area contributed by atoms with E-state index in [0.29, 0.717) is 17.2 Å². The van der Waals surface area contributed by atoms with Crippen LogP contribution in [0.5, 0.6) is 0 Å². The van der Waals surface area contributed by atoms with E-state index in [9.17, 15) is 4.79 Å². The Morgan fingerprint density at radius 3 is 2.50 bits per heavy atom. The summed E-state index contributed by atoms with van der Waals surface area (Å²) in [4.78, 5) is 11.6. The van der Waals surface area contributed by atoms with Gasteiger partial charge in [0, 0.05) is 5.02 Å². The molecule has 88 valence electrons. The van der Waals surface area contributed by atoms with Crippen molar-refractivity contribution in [3.05, 3.63) is 34.3 Å². The minimum absolute atomic E-state index is 0.0837. The summed E-state index contributed by atoms with van der Waals surface area (Å²) in [5.41, 5.74) is 1.43. The van der Waals surface area contributed by atoms with Crippen molar-refractivity contribution < 1.29 is 9.53 Å². The average Bonchev–Trinajstić information content (AvgIpc) is 2.16. The number of benzene rings is 1. The summed E-state index contributed by atoms with van der Waals surface area (Å²) >= 11 is 6.11. The molecule has 0 saturated heterocycles. The van der Waals surface area contributed by atoms with Crippen LogP contribution >= 0.6 is 11.6 Å². The highest BCUT2D eigenvalue weighted by Crippen LogP contribution is 2.30. The van der Waals surface area contributed by atoms with Gasteiger partial charge in [0.25, 0.3) is 0 Å². The molecular formula is C13H17ClO2. The first kappa shape index (κ1) is 13.0. The summed E-state index contributed by atoms with van der Waals surface area (Å²) in [5, 5.41) is 0.681. The Bertz CT molecular complexity index is 391. The lowest BCUT2D eigenvalue weighted by Gasteiger charge is -2.21. The van der Waals surface area contributed by atoms with Crippen LogP contribution in [-0.2, 0) is 10.2 Å². The summed E-state index contributed by atoms with van der Waals surface area (Å²) < 4.78 is 4.95. The van der Waals surface area contributed by atoms with Gasteiger partial charge in [-0.15, -0.1) is 0 Å². The van der Waals surface area contributed by atoms with Gasteiger partial charge < -0.3 is 4.74 Å². The number of hydrogen-bond donors (Lipinski definition) is 0. The van der Waals surface area contributed by atoms with E-state index in [0.717, 1.165) is 5.56 Å². The Morgan fingerprint density at radius 2 is 2.00 bits per heavy atom. The minimum Gasteiger partial charge on any atom is -0.462 e. The van der Waals surface area contributed by atoms with Crippen LogP contribution < -0.4 is 0 Å². The molecule has 0 fully saturated rings. The van der Waals surface area contributed by atoms with Gasteiger partial charge >= 0.3 is 5.97 Å². The third-order valence-electron chi connectivity index (χ3n) is 2.29. The Balaban J connectivity index is 3.13. The molecule has 0 saturated carbocycles. The number of hydrogen-bond acceptors (Lipinski definition) is 2. The third kappa shape index (κ3) is 2.99. The number of halogens is 1. The molecule has 16 heavy (non-hydrogen) atoms. The zero-order valence-electron chi connectivity index (χ0n) is 10.1. The number of ether oxygens (including phenoxy) is 1. The van der Waals surface area contributed by atoms with Crippen LogP contribution in [-0.4, -0.2) is 12.6 Å². The van der Waals surface area contributed by atoms with E-state index >= 15 is 0 Å². The number of carbonyl (C=O) groups excluding carboxylic acids is 1. The lowest BCUT2D eigenvalue weighted by molar-refractivity contribution is 0.0526. The highest BCUT2D eigenvalue weighted by molar-refractivity contribution is 6.31. The Morgan fingerprint density at radius 1 is 1.38 bits per heavy atom. The summed E-state index contributed by atoms with van der Waals surface area (Å²) in [6, 6.07) is 5.24. The monoisotopic (exact) mass is 240 g/mol. The van der Waals surface area contributed by atoms with Crippen LogP contribution in [0.3, 0.4) is 0 Å². The van der Waals surface area contributed by atoms with Crippen molar-refractivity contribution in [2.75, 3.05) is 6.61 Å². The molecule has 0 heterocycles. The van der Waals surface area contributed by atoms with Crippen molar-refractivity contribution in [3.8, 4) is 0 Å². The molecule has 0 aliphatic rings. The van der Waals surface area contributed by atoms with Crippen molar-refractivity contribution in [1.82, 2.24) is 0 Å². The van der Waals surface area contributed by atoms with Crippen LogP contribution in [0.4, 0.5) is 0 Å². The molecular weight excluding hydrogens is 224 g/mol. The predicted molar refractivity (Wildman–Crippen MR) is 66.1 cm³/mol. The van der Waals surface area contributed by atoms with Gasteiger partial charge in [-0.2, -0.15) is 0 Å². The molecule has 0 radical (unpaired) electrons. The zero-order chi connectivity index (χ0) is 12.3. The smallest absolute Gasteiger partial charge is 0.338 e. The molecule has 0 atom stereocenters. The fourth-order valence-electron chi connectivity index (χ4n) is 1.44. The molecule has 3 heteroatoms. The van der Waals surface area contributed by atoms with E-state index < -0.39 is 0 Å². The zero-order valence-corrected chi connectivity index (χ0v) is 10.9. The topological polar surface area (TPSA) is 26.3 Å². The highest BCUT2D eigenvalue weighted by Gasteiger charge is 2.19. The van der Waals surface area contributed by atoms with Crippen molar-refractivity contribution in [2.24, 2.45) is 0 Å². The van der Waals surface area contributed by atoms with Crippen LogP contribution in [0.1, 0.15) is 43.6 Å².